The first kappa shape index (κ1) is 16.7. The molecule has 3 atom stereocenters. The number of nitrogens with zero attached hydrogens (tertiary/aromatic N) is 2. The minimum Gasteiger partial charge on any atom is -0.364 e. The number of carbonyl (C=O) groups is 1. The fourth-order valence-electron chi connectivity index (χ4n) is 3.75. The summed E-state index contributed by atoms with van der Waals surface area (Å²) in [5.41, 5.74) is 2.38. The monoisotopic (exact) mass is 357 g/mol. The Hall–Kier alpha value is -1.76. The number of pyridine rings is 1. The van der Waals surface area contributed by atoms with Gasteiger partial charge in [0, 0.05) is 32.0 Å². The number of ether oxygens (including phenoxy) is 1. The Kier molecular flexibility index (Phi) is 5.10. The molecule has 0 unspecified atom stereocenters. The molecule has 132 valence electrons. The quantitative estimate of drug-likeness (QED) is 0.893. The van der Waals surface area contributed by atoms with Crippen LogP contribution in [-0.2, 0) is 22.6 Å². The van der Waals surface area contributed by atoms with Crippen LogP contribution in [0.25, 0.3) is 0 Å². The maximum absolute atomic E-state index is 12.4. The van der Waals surface area contributed by atoms with Crippen molar-refractivity contribution in [3.63, 3.8) is 0 Å². The van der Waals surface area contributed by atoms with Crippen molar-refractivity contribution >= 4 is 17.2 Å². The van der Waals surface area contributed by atoms with Crippen molar-refractivity contribution in [3.05, 3.63) is 52.5 Å². The molecule has 0 radical (unpaired) electrons. The molecule has 2 saturated heterocycles. The number of carbonyl (C=O) groups excluding carboxylic acids is 1. The molecule has 2 aliphatic rings. The molecular formula is C19H23N3O2S. The summed E-state index contributed by atoms with van der Waals surface area (Å²) in [7, 11) is 0. The van der Waals surface area contributed by atoms with E-state index >= 15 is 0 Å². The summed E-state index contributed by atoms with van der Waals surface area (Å²) in [6.45, 7) is 3.50. The zero-order chi connectivity index (χ0) is 17.1. The van der Waals surface area contributed by atoms with Gasteiger partial charge in [-0.2, -0.15) is 11.3 Å². The first-order valence-corrected chi connectivity index (χ1v) is 9.78. The van der Waals surface area contributed by atoms with E-state index in [-0.39, 0.29) is 18.1 Å². The standard InChI is InChI=1S/C19H23N3O2S/c23-19(21-10-14-2-1-5-20-9-14)17-8-16-3-6-22(12-18(16)24-17)11-15-4-7-25-13-15/h1-2,4-5,7,9,13,16-18H,3,6,8,10-12H2,(H,21,23)/t16-,17+,18+/m1/s1. The second kappa shape index (κ2) is 7.64. The van der Waals surface area contributed by atoms with Crippen LogP contribution in [0.2, 0.25) is 0 Å². The first-order valence-electron chi connectivity index (χ1n) is 8.83. The molecule has 25 heavy (non-hydrogen) atoms. The van der Waals surface area contributed by atoms with Gasteiger partial charge >= 0.3 is 0 Å². The Bertz CT molecular complexity index is 692. The second-order valence-electron chi connectivity index (χ2n) is 6.89. The lowest BCUT2D eigenvalue weighted by Gasteiger charge is -2.33. The maximum atomic E-state index is 12.4. The van der Waals surface area contributed by atoms with Crippen molar-refractivity contribution in [2.45, 2.75) is 38.1 Å². The highest BCUT2D eigenvalue weighted by molar-refractivity contribution is 7.07. The van der Waals surface area contributed by atoms with Crippen molar-refractivity contribution in [2.24, 2.45) is 5.92 Å². The maximum Gasteiger partial charge on any atom is 0.249 e. The highest BCUT2D eigenvalue weighted by Gasteiger charge is 2.41. The summed E-state index contributed by atoms with van der Waals surface area (Å²) in [4.78, 5) is 18.9. The number of hydrogen-bond donors (Lipinski definition) is 1. The van der Waals surface area contributed by atoms with E-state index in [0.29, 0.717) is 12.5 Å². The molecule has 0 aliphatic carbocycles. The molecule has 6 heteroatoms. The van der Waals surface area contributed by atoms with Gasteiger partial charge in [0.15, 0.2) is 0 Å². The molecular weight excluding hydrogens is 334 g/mol. The minimum absolute atomic E-state index is 0.00244. The second-order valence-corrected chi connectivity index (χ2v) is 7.67. The lowest BCUT2D eigenvalue weighted by molar-refractivity contribution is -0.133. The number of piperidine rings is 1. The van der Waals surface area contributed by atoms with Gasteiger partial charge in [0.05, 0.1) is 6.10 Å². The van der Waals surface area contributed by atoms with Crippen LogP contribution in [0.1, 0.15) is 24.0 Å². The van der Waals surface area contributed by atoms with E-state index in [1.165, 1.54) is 5.56 Å². The molecule has 0 saturated carbocycles. The van der Waals surface area contributed by atoms with Crippen LogP contribution in [0.5, 0.6) is 0 Å². The molecule has 2 aromatic heterocycles. The summed E-state index contributed by atoms with van der Waals surface area (Å²) >= 11 is 1.74. The van der Waals surface area contributed by atoms with Crippen LogP contribution in [0.15, 0.2) is 41.4 Å². The van der Waals surface area contributed by atoms with Gasteiger partial charge in [0.1, 0.15) is 6.10 Å². The molecule has 4 rings (SSSR count). The lowest BCUT2D eigenvalue weighted by Crippen LogP contribution is -2.42. The molecule has 0 spiro atoms. The molecule has 2 aromatic rings. The van der Waals surface area contributed by atoms with Crippen LogP contribution < -0.4 is 5.32 Å². The predicted molar refractivity (Wildman–Crippen MR) is 97.1 cm³/mol. The van der Waals surface area contributed by atoms with Gasteiger partial charge in [0.25, 0.3) is 0 Å². The van der Waals surface area contributed by atoms with Gasteiger partial charge < -0.3 is 10.1 Å². The molecule has 1 amide bonds. The van der Waals surface area contributed by atoms with Gasteiger partial charge in [-0.1, -0.05) is 6.07 Å². The third-order valence-electron chi connectivity index (χ3n) is 5.10. The predicted octanol–water partition coefficient (Wildman–Crippen LogP) is 2.44. The summed E-state index contributed by atoms with van der Waals surface area (Å²) in [6.07, 6.45) is 5.33. The van der Waals surface area contributed by atoms with E-state index in [0.717, 1.165) is 38.0 Å². The average Bonchev–Trinajstić information content (AvgIpc) is 3.30. The normalized spacial score (nSPS) is 26.3. The van der Waals surface area contributed by atoms with Gasteiger partial charge in [-0.3, -0.25) is 14.7 Å². The zero-order valence-corrected chi connectivity index (χ0v) is 15.0. The Morgan fingerprint density at radius 3 is 3.16 bits per heavy atom. The number of fused-ring (bicyclic) bond motifs is 1. The SMILES string of the molecule is O=C(NCc1cccnc1)[C@@H]1C[C@H]2CCN(Cc3ccsc3)C[C@@H]2O1. The summed E-state index contributed by atoms with van der Waals surface area (Å²) < 4.78 is 6.10. The van der Waals surface area contributed by atoms with Crippen molar-refractivity contribution < 1.29 is 9.53 Å². The third-order valence-corrected chi connectivity index (χ3v) is 5.84. The molecule has 2 fully saturated rings. The van der Waals surface area contributed by atoms with E-state index < -0.39 is 0 Å². The van der Waals surface area contributed by atoms with E-state index in [9.17, 15) is 4.79 Å². The van der Waals surface area contributed by atoms with Crippen LogP contribution >= 0.6 is 11.3 Å². The average molecular weight is 357 g/mol. The third kappa shape index (κ3) is 4.08. The van der Waals surface area contributed by atoms with Gasteiger partial charge in [-0.15, -0.1) is 0 Å². The molecule has 4 heterocycles. The summed E-state index contributed by atoms with van der Waals surface area (Å²) in [5, 5.41) is 7.31. The number of thiophene rings is 1. The summed E-state index contributed by atoms with van der Waals surface area (Å²) in [5.74, 6) is 0.510. The zero-order valence-electron chi connectivity index (χ0n) is 14.1. The molecule has 1 N–H and O–H groups in total. The number of aromatic nitrogens is 1. The largest absolute Gasteiger partial charge is 0.364 e. The fraction of sp³-hybridized carbons (Fsp3) is 0.474. The fourth-order valence-corrected chi connectivity index (χ4v) is 4.41. The van der Waals surface area contributed by atoms with Crippen molar-refractivity contribution in [1.29, 1.82) is 0 Å². The first-order chi connectivity index (χ1) is 12.3. The summed E-state index contributed by atoms with van der Waals surface area (Å²) in [6, 6.07) is 6.02. The van der Waals surface area contributed by atoms with Crippen LogP contribution in [0.4, 0.5) is 0 Å². The van der Waals surface area contributed by atoms with E-state index in [1.54, 1.807) is 23.7 Å². The van der Waals surface area contributed by atoms with Gasteiger partial charge in [-0.05, 0) is 59.3 Å². The Labute approximate surface area is 152 Å². The Balaban J connectivity index is 1.28. The lowest BCUT2D eigenvalue weighted by atomic mass is 9.91. The highest BCUT2D eigenvalue weighted by Crippen LogP contribution is 2.33. The number of nitrogens with one attached hydrogen (secondary N) is 1. The van der Waals surface area contributed by atoms with Gasteiger partial charge in [0.2, 0.25) is 5.91 Å². The molecule has 0 aromatic carbocycles. The van der Waals surface area contributed by atoms with Crippen molar-refractivity contribution in [1.82, 2.24) is 15.2 Å². The molecule has 0 bridgehead atoms. The molecule has 2 aliphatic heterocycles. The Morgan fingerprint density at radius 1 is 1.40 bits per heavy atom. The highest BCUT2D eigenvalue weighted by atomic mass is 32.1. The number of likely N-dealkylation sites (tertiary alicyclic amines) is 1. The number of hydrogen-bond acceptors (Lipinski definition) is 5. The van der Waals surface area contributed by atoms with Crippen LogP contribution in [0, 0.1) is 5.92 Å². The van der Waals surface area contributed by atoms with Crippen molar-refractivity contribution in [2.75, 3.05) is 13.1 Å². The van der Waals surface area contributed by atoms with E-state index in [4.69, 9.17) is 4.74 Å². The van der Waals surface area contributed by atoms with E-state index in [1.807, 2.05) is 12.1 Å². The molecule has 5 nitrogen and oxygen atoms in total. The topological polar surface area (TPSA) is 54.5 Å². The minimum atomic E-state index is -0.312. The van der Waals surface area contributed by atoms with Crippen LogP contribution in [0.3, 0.4) is 0 Å². The Morgan fingerprint density at radius 2 is 2.36 bits per heavy atom. The van der Waals surface area contributed by atoms with Gasteiger partial charge in [-0.25, -0.2) is 0 Å². The van der Waals surface area contributed by atoms with Crippen LogP contribution in [-0.4, -0.2) is 41.1 Å². The number of amides is 1. The van der Waals surface area contributed by atoms with Crippen molar-refractivity contribution in [3.8, 4) is 0 Å². The van der Waals surface area contributed by atoms with E-state index in [2.05, 4.69) is 32.0 Å². The number of rotatable bonds is 5. The smallest absolute Gasteiger partial charge is 0.249 e.